The van der Waals surface area contributed by atoms with E-state index in [4.69, 9.17) is 26.9 Å². The van der Waals surface area contributed by atoms with Gasteiger partial charge < -0.3 is 9.47 Å². The van der Waals surface area contributed by atoms with Gasteiger partial charge in [0.1, 0.15) is 12.4 Å². The number of nitrogens with one attached hydrogen (secondary N) is 1. The molecule has 2 aromatic rings. The van der Waals surface area contributed by atoms with E-state index in [-0.39, 0.29) is 28.8 Å². The number of benzene rings is 2. The van der Waals surface area contributed by atoms with E-state index in [9.17, 15) is 9.18 Å². The van der Waals surface area contributed by atoms with Gasteiger partial charge >= 0.3 is 0 Å². The number of amides is 1. The van der Waals surface area contributed by atoms with Gasteiger partial charge in [-0.3, -0.25) is 10.2 Å². The number of ether oxygens (including phenoxy) is 2. The monoisotopic (exact) mass is 338 g/mol. The van der Waals surface area contributed by atoms with Crippen LogP contribution in [-0.4, -0.2) is 12.5 Å². The van der Waals surface area contributed by atoms with Crippen LogP contribution >= 0.6 is 11.6 Å². The van der Waals surface area contributed by atoms with Gasteiger partial charge in [-0.15, -0.1) is 0 Å². The van der Waals surface area contributed by atoms with Crippen LogP contribution in [0.4, 0.5) is 4.39 Å². The lowest BCUT2D eigenvalue weighted by Crippen LogP contribution is -2.30. The summed E-state index contributed by atoms with van der Waals surface area (Å²) < 4.78 is 24.3. The Morgan fingerprint density at radius 1 is 1.30 bits per heavy atom. The van der Waals surface area contributed by atoms with Crippen molar-refractivity contribution in [1.82, 2.24) is 5.43 Å². The summed E-state index contributed by atoms with van der Waals surface area (Å²) in [6, 6.07) is 8.94. The zero-order chi connectivity index (χ0) is 16.8. The molecule has 122 valence electrons. The Morgan fingerprint density at radius 3 is 2.74 bits per heavy atom. The van der Waals surface area contributed by atoms with E-state index in [0.717, 1.165) is 0 Å². The van der Waals surface area contributed by atoms with E-state index in [0.29, 0.717) is 17.9 Å². The molecule has 0 atom stereocenters. The summed E-state index contributed by atoms with van der Waals surface area (Å²) in [5, 5.41) is 0.200. The predicted octanol–water partition coefficient (Wildman–Crippen LogP) is 3.06. The highest BCUT2D eigenvalue weighted by molar-refractivity contribution is 6.32. The first-order valence-electron chi connectivity index (χ1n) is 6.89. The van der Waals surface area contributed by atoms with Crippen LogP contribution in [0.2, 0.25) is 5.02 Å². The van der Waals surface area contributed by atoms with Gasteiger partial charge in [0.15, 0.2) is 11.5 Å². The molecule has 0 heterocycles. The molecule has 1 amide bonds. The van der Waals surface area contributed by atoms with Crippen molar-refractivity contribution in [2.45, 2.75) is 13.5 Å². The second-order valence-electron chi connectivity index (χ2n) is 4.61. The first-order chi connectivity index (χ1) is 11.0. The Hall–Kier alpha value is -2.31. The minimum absolute atomic E-state index is 0.111. The lowest BCUT2D eigenvalue weighted by molar-refractivity contribution is 0.0953. The fourth-order valence-electron chi connectivity index (χ4n) is 1.97. The highest BCUT2D eigenvalue weighted by Gasteiger charge is 2.16. The molecule has 0 spiro atoms. The van der Waals surface area contributed by atoms with Crippen molar-refractivity contribution in [2.24, 2.45) is 5.84 Å². The molecule has 0 aromatic heterocycles. The van der Waals surface area contributed by atoms with Crippen LogP contribution < -0.4 is 20.7 Å². The number of hydrogen-bond acceptors (Lipinski definition) is 4. The standard InChI is InChI=1S/C16H16ClFN2O3/c1-2-22-14-8-11(16(21)20-19)7-13(17)15(14)23-9-10-4-3-5-12(18)6-10/h3-8H,2,9,19H2,1H3,(H,20,21). The predicted molar refractivity (Wildman–Crippen MR) is 85.0 cm³/mol. The SMILES string of the molecule is CCOc1cc(C(=O)NN)cc(Cl)c1OCc1cccc(F)c1. The van der Waals surface area contributed by atoms with Crippen molar-refractivity contribution in [1.29, 1.82) is 0 Å². The van der Waals surface area contributed by atoms with Crippen LogP contribution in [0.3, 0.4) is 0 Å². The van der Waals surface area contributed by atoms with Gasteiger partial charge in [-0.1, -0.05) is 23.7 Å². The largest absolute Gasteiger partial charge is 0.490 e. The third-order valence-electron chi connectivity index (χ3n) is 2.97. The summed E-state index contributed by atoms with van der Waals surface area (Å²) >= 11 is 6.17. The molecule has 0 aliphatic rings. The zero-order valence-corrected chi connectivity index (χ0v) is 13.2. The maximum absolute atomic E-state index is 13.2. The maximum atomic E-state index is 13.2. The van der Waals surface area contributed by atoms with Crippen molar-refractivity contribution in [3.63, 3.8) is 0 Å². The summed E-state index contributed by atoms with van der Waals surface area (Å²) in [7, 11) is 0. The van der Waals surface area contributed by atoms with Crippen molar-refractivity contribution in [3.05, 3.63) is 58.4 Å². The Bertz CT molecular complexity index is 710. The Balaban J connectivity index is 2.27. The molecule has 0 aliphatic heterocycles. The molecule has 0 aliphatic carbocycles. The molecule has 0 radical (unpaired) electrons. The zero-order valence-electron chi connectivity index (χ0n) is 12.4. The van der Waals surface area contributed by atoms with Crippen LogP contribution in [0.25, 0.3) is 0 Å². The van der Waals surface area contributed by atoms with Crippen LogP contribution in [0, 0.1) is 5.82 Å². The fraction of sp³-hybridized carbons (Fsp3) is 0.188. The summed E-state index contributed by atoms with van der Waals surface area (Å²) in [6.45, 7) is 2.26. The number of carbonyl (C=O) groups excluding carboxylic acids is 1. The third-order valence-corrected chi connectivity index (χ3v) is 3.26. The Labute approximate surface area is 138 Å². The van der Waals surface area contributed by atoms with Crippen molar-refractivity contribution in [2.75, 3.05) is 6.61 Å². The first-order valence-corrected chi connectivity index (χ1v) is 7.27. The number of rotatable bonds is 6. The molecule has 0 unspecified atom stereocenters. The molecule has 3 N–H and O–H groups in total. The van der Waals surface area contributed by atoms with Crippen molar-refractivity contribution < 1.29 is 18.7 Å². The van der Waals surface area contributed by atoms with Gasteiger partial charge in [-0.05, 0) is 36.8 Å². The molecule has 23 heavy (non-hydrogen) atoms. The lowest BCUT2D eigenvalue weighted by Gasteiger charge is -2.15. The molecule has 7 heteroatoms. The number of hydrazine groups is 1. The van der Waals surface area contributed by atoms with Crippen LogP contribution in [0.15, 0.2) is 36.4 Å². The molecular formula is C16H16ClFN2O3. The molecule has 0 bridgehead atoms. The Kier molecular flexibility index (Phi) is 5.78. The minimum atomic E-state index is -0.496. The van der Waals surface area contributed by atoms with Gasteiger partial charge in [0, 0.05) is 5.56 Å². The topological polar surface area (TPSA) is 73.6 Å². The number of halogens is 2. The van der Waals surface area contributed by atoms with E-state index >= 15 is 0 Å². The second-order valence-corrected chi connectivity index (χ2v) is 5.02. The highest BCUT2D eigenvalue weighted by Crippen LogP contribution is 2.37. The smallest absolute Gasteiger partial charge is 0.265 e. The summed E-state index contributed by atoms with van der Waals surface area (Å²) in [5.74, 6) is 4.87. The van der Waals surface area contributed by atoms with Crippen molar-refractivity contribution >= 4 is 17.5 Å². The van der Waals surface area contributed by atoms with E-state index in [1.807, 2.05) is 5.43 Å². The lowest BCUT2D eigenvalue weighted by atomic mass is 10.2. The van der Waals surface area contributed by atoms with Crippen LogP contribution in [-0.2, 0) is 6.61 Å². The fourth-order valence-corrected chi connectivity index (χ4v) is 2.23. The van der Waals surface area contributed by atoms with Gasteiger partial charge in [0.25, 0.3) is 5.91 Å². The highest BCUT2D eigenvalue weighted by atomic mass is 35.5. The van der Waals surface area contributed by atoms with E-state index in [1.54, 1.807) is 19.1 Å². The summed E-state index contributed by atoms with van der Waals surface area (Å²) in [5.41, 5.74) is 2.92. The molecule has 0 saturated carbocycles. The number of carbonyl (C=O) groups is 1. The Morgan fingerprint density at radius 2 is 2.09 bits per heavy atom. The number of nitrogen functional groups attached to an aromatic ring is 1. The molecule has 5 nitrogen and oxygen atoms in total. The molecular weight excluding hydrogens is 323 g/mol. The minimum Gasteiger partial charge on any atom is -0.490 e. The third kappa shape index (κ3) is 4.34. The van der Waals surface area contributed by atoms with Gasteiger partial charge in [-0.2, -0.15) is 0 Å². The first kappa shape index (κ1) is 17.1. The quantitative estimate of drug-likeness (QED) is 0.482. The van der Waals surface area contributed by atoms with Gasteiger partial charge in [0.05, 0.1) is 11.6 Å². The number of hydrogen-bond donors (Lipinski definition) is 2. The van der Waals surface area contributed by atoms with E-state index < -0.39 is 5.91 Å². The summed E-state index contributed by atoms with van der Waals surface area (Å²) in [6.07, 6.45) is 0. The summed E-state index contributed by atoms with van der Waals surface area (Å²) in [4.78, 5) is 11.6. The molecule has 2 aromatic carbocycles. The molecule has 0 saturated heterocycles. The van der Waals surface area contributed by atoms with Crippen LogP contribution in [0.5, 0.6) is 11.5 Å². The van der Waals surface area contributed by atoms with Gasteiger partial charge in [0.2, 0.25) is 0 Å². The maximum Gasteiger partial charge on any atom is 0.265 e. The average molecular weight is 339 g/mol. The number of nitrogens with two attached hydrogens (primary N) is 1. The average Bonchev–Trinajstić information content (AvgIpc) is 2.53. The van der Waals surface area contributed by atoms with Crippen LogP contribution in [0.1, 0.15) is 22.8 Å². The van der Waals surface area contributed by atoms with E-state index in [2.05, 4.69) is 0 Å². The molecule has 2 rings (SSSR count). The molecule has 0 fully saturated rings. The van der Waals surface area contributed by atoms with E-state index in [1.165, 1.54) is 24.3 Å². The van der Waals surface area contributed by atoms with Gasteiger partial charge in [-0.25, -0.2) is 10.2 Å². The second kappa shape index (κ2) is 7.80. The normalized spacial score (nSPS) is 10.3. The van der Waals surface area contributed by atoms with Crippen molar-refractivity contribution in [3.8, 4) is 11.5 Å².